The highest BCUT2D eigenvalue weighted by Crippen LogP contribution is 2.23. The second-order valence-corrected chi connectivity index (χ2v) is 4.10. The van der Waals surface area contributed by atoms with Crippen molar-refractivity contribution in [3.8, 4) is 11.8 Å². The van der Waals surface area contributed by atoms with Crippen molar-refractivity contribution < 1.29 is 0 Å². The topological polar surface area (TPSA) is 12.0 Å². The van der Waals surface area contributed by atoms with Crippen LogP contribution in [0.1, 0.15) is 25.5 Å². The summed E-state index contributed by atoms with van der Waals surface area (Å²) in [6.45, 7) is 4.78. The van der Waals surface area contributed by atoms with Crippen LogP contribution in [-0.4, -0.2) is 6.54 Å². The highest BCUT2D eigenvalue weighted by molar-refractivity contribution is 5.86. The van der Waals surface area contributed by atoms with E-state index in [1.807, 2.05) is 6.92 Å². The Balaban J connectivity index is 0.00000162. The molecule has 0 radical (unpaired) electrons. The molecule has 0 heterocycles. The lowest BCUT2D eigenvalue weighted by Crippen LogP contribution is -2.18. The van der Waals surface area contributed by atoms with Crippen LogP contribution in [0.2, 0.25) is 0 Å². The van der Waals surface area contributed by atoms with Crippen molar-refractivity contribution in [1.29, 1.82) is 0 Å². The summed E-state index contributed by atoms with van der Waals surface area (Å²) < 4.78 is 0. The minimum atomic E-state index is 0. The van der Waals surface area contributed by atoms with Crippen LogP contribution in [0.4, 0.5) is 0 Å². The molecule has 0 fully saturated rings. The van der Waals surface area contributed by atoms with Gasteiger partial charge in [0, 0.05) is 6.04 Å². The van der Waals surface area contributed by atoms with Gasteiger partial charge in [0.25, 0.3) is 0 Å². The van der Waals surface area contributed by atoms with Crippen molar-refractivity contribution in [2.45, 2.75) is 19.9 Å². The van der Waals surface area contributed by atoms with Crippen LogP contribution in [0.5, 0.6) is 0 Å². The molecule has 0 bridgehead atoms. The van der Waals surface area contributed by atoms with Crippen LogP contribution in [0, 0.1) is 11.8 Å². The molecule has 0 aliphatic carbocycles. The van der Waals surface area contributed by atoms with Crippen LogP contribution in [0.25, 0.3) is 10.8 Å². The van der Waals surface area contributed by atoms with Crippen molar-refractivity contribution in [2.24, 2.45) is 0 Å². The van der Waals surface area contributed by atoms with E-state index in [9.17, 15) is 0 Å². The van der Waals surface area contributed by atoms with E-state index in [2.05, 4.69) is 66.5 Å². The highest BCUT2D eigenvalue weighted by Gasteiger charge is 2.07. The predicted octanol–water partition coefficient (Wildman–Crippen LogP) is 3.94. The molecule has 1 N–H and O–H groups in total. The average Bonchev–Trinajstić information content (AvgIpc) is 2.38. The van der Waals surface area contributed by atoms with E-state index < -0.39 is 0 Å². The monoisotopic (exact) mass is 259 g/mol. The van der Waals surface area contributed by atoms with Crippen LogP contribution in [0.3, 0.4) is 0 Å². The Kier molecular flexibility index (Phi) is 5.71. The number of halogens is 1. The summed E-state index contributed by atoms with van der Waals surface area (Å²) in [5.74, 6) is 5.94. The number of hydrogen-bond acceptors (Lipinski definition) is 1. The van der Waals surface area contributed by atoms with Gasteiger partial charge >= 0.3 is 0 Å². The zero-order chi connectivity index (χ0) is 12.1. The molecule has 0 unspecified atom stereocenters. The van der Waals surface area contributed by atoms with E-state index in [0.29, 0.717) is 6.04 Å². The van der Waals surface area contributed by atoms with E-state index in [1.165, 1.54) is 16.3 Å². The Morgan fingerprint density at radius 2 is 1.83 bits per heavy atom. The first kappa shape index (κ1) is 14.6. The molecule has 1 nitrogen and oxygen atoms in total. The first-order valence-electron chi connectivity index (χ1n) is 5.93. The molecule has 2 aromatic carbocycles. The second kappa shape index (κ2) is 7.06. The molecule has 0 amide bonds. The van der Waals surface area contributed by atoms with E-state index in [1.54, 1.807) is 0 Å². The fourth-order valence-electron chi connectivity index (χ4n) is 2.03. The quantitative estimate of drug-likeness (QED) is 0.824. The number of rotatable bonds is 3. The van der Waals surface area contributed by atoms with Gasteiger partial charge in [0.2, 0.25) is 0 Å². The maximum absolute atomic E-state index is 3.42. The van der Waals surface area contributed by atoms with Crippen molar-refractivity contribution in [1.82, 2.24) is 5.32 Å². The second-order valence-electron chi connectivity index (χ2n) is 4.10. The Morgan fingerprint density at radius 3 is 2.61 bits per heavy atom. The number of hydrogen-bond donors (Lipinski definition) is 1. The summed E-state index contributed by atoms with van der Waals surface area (Å²) in [6.07, 6.45) is 0. The summed E-state index contributed by atoms with van der Waals surface area (Å²) in [4.78, 5) is 0. The largest absolute Gasteiger partial charge is 0.300 e. The fraction of sp³-hybridized carbons (Fsp3) is 0.250. The van der Waals surface area contributed by atoms with Gasteiger partial charge in [0.1, 0.15) is 0 Å². The third-order valence-electron chi connectivity index (χ3n) is 2.96. The normalized spacial score (nSPS) is 11.2. The molecular weight excluding hydrogens is 242 g/mol. The zero-order valence-corrected chi connectivity index (χ0v) is 11.6. The highest BCUT2D eigenvalue weighted by atomic mass is 35.5. The van der Waals surface area contributed by atoms with E-state index in [-0.39, 0.29) is 12.4 Å². The van der Waals surface area contributed by atoms with E-state index in [0.717, 1.165) is 6.54 Å². The molecule has 0 aromatic heterocycles. The number of fused-ring (bicyclic) bond motifs is 1. The van der Waals surface area contributed by atoms with Gasteiger partial charge < -0.3 is 0 Å². The van der Waals surface area contributed by atoms with Gasteiger partial charge in [-0.05, 0) is 30.2 Å². The van der Waals surface area contributed by atoms with Crippen LogP contribution < -0.4 is 5.32 Å². The summed E-state index contributed by atoms with van der Waals surface area (Å²) in [5, 5.41) is 6.03. The molecule has 94 valence electrons. The maximum Gasteiger partial charge on any atom is 0.0581 e. The van der Waals surface area contributed by atoms with Gasteiger partial charge in [-0.25, -0.2) is 0 Å². The molecule has 0 spiro atoms. The van der Waals surface area contributed by atoms with Gasteiger partial charge in [-0.1, -0.05) is 48.4 Å². The molecule has 2 rings (SSSR count). The molecule has 0 aliphatic rings. The molecule has 1 atom stereocenters. The smallest absolute Gasteiger partial charge is 0.0581 e. The first-order chi connectivity index (χ1) is 8.33. The predicted molar refractivity (Wildman–Crippen MR) is 81.1 cm³/mol. The molecule has 2 aromatic rings. The van der Waals surface area contributed by atoms with Crippen molar-refractivity contribution in [3.63, 3.8) is 0 Å². The number of nitrogens with one attached hydrogen (secondary N) is 1. The van der Waals surface area contributed by atoms with Gasteiger partial charge in [-0.3, -0.25) is 5.32 Å². The molecular formula is C16H18ClN. The van der Waals surface area contributed by atoms with Crippen molar-refractivity contribution in [2.75, 3.05) is 6.54 Å². The lowest BCUT2D eigenvalue weighted by Gasteiger charge is -2.14. The van der Waals surface area contributed by atoms with Crippen LogP contribution >= 0.6 is 12.4 Å². The third-order valence-corrected chi connectivity index (χ3v) is 2.96. The first-order valence-corrected chi connectivity index (χ1v) is 5.93. The Hall–Kier alpha value is -1.49. The summed E-state index contributed by atoms with van der Waals surface area (Å²) in [6, 6.07) is 15.3. The van der Waals surface area contributed by atoms with E-state index >= 15 is 0 Å². The molecule has 2 heteroatoms. The standard InChI is InChI=1S/C16H17N.ClH/c1-3-4-12-17-13(2)15-11-7-9-14-8-5-6-10-16(14)15;/h5-11,13,17H,12H2,1-2H3;1H/t13-;/m1./s1. The minimum absolute atomic E-state index is 0. The van der Waals surface area contributed by atoms with Gasteiger partial charge in [-0.2, -0.15) is 0 Å². The lowest BCUT2D eigenvalue weighted by molar-refractivity contribution is 0.627. The lowest BCUT2D eigenvalue weighted by atomic mass is 10.00. The minimum Gasteiger partial charge on any atom is -0.300 e. The Bertz CT molecular complexity index is 561. The molecule has 0 aliphatic heterocycles. The summed E-state index contributed by atoms with van der Waals surface area (Å²) >= 11 is 0. The number of benzene rings is 2. The van der Waals surface area contributed by atoms with Gasteiger partial charge in [-0.15, -0.1) is 18.3 Å². The Morgan fingerprint density at radius 1 is 1.11 bits per heavy atom. The van der Waals surface area contributed by atoms with Gasteiger partial charge in [0.05, 0.1) is 6.54 Å². The maximum atomic E-state index is 3.42. The molecule has 0 saturated heterocycles. The summed E-state index contributed by atoms with van der Waals surface area (Å²) in [5.41, 5.74) is 1.33. The zero-order valence-electron chi connectivity index (χ0n) is 10.7. The fourth-order valence-corrected chi connectivity index (χ4v) is 2.03. The van der Waals surface area contributed by atoms with E-state index in [4.69, 9.17) is 0 Å². The average molecular weight is 260 g/mol. The van der Waals surface area contributed by atoms with Gasteiger partial charge in [0.15, 0.2) is 0 Å². The Labute approximate surface area is 115 Å². The molecule has 18 heavy (non-hydrogen) atoms. The van der Waals surface area contributed by atoms with Crippen molar-refractivity contribution >= 4 is 23.2 Å². The van der Waals surface area contributed by atoms with Crippen LogP contribution in [-0.2, 0) is 0 Å². The SMILES string of the molecule is CC#CCN[C@H](C)c1cccc2ccccc12.Cl. The van der Waals surface area contributed by atoms with Crippen LogP contribution in [0.15, 0.2) is 42.5 Å². The third kappa shape index (κ3) is 3.26. The summed E-state index contributed by atoms with van der Waals surface area (Å²) in [7, 11) is 0. The van der Waals surface area contributed by atoms with Crippen molar-refractivity contribution in [3.05, 3.63) is 48.0 Å². The molecule has 0 saturated carbocycles.